The van der Waals surface area contributed by atoms with E-state index in [0.29, 0.717) is 11.8 Å². The van der Waals surface area contributed by atoms with Gasteiger partial charge in [-0.25, -0.2) is 0 Å². The molecule has 0 spiro atoms. The third-order valence-corrected chi connectivity index (χ3v) is 3.20. The standard InChI is InChI=1S/C17H16N2O/c1-13-6-5-9-15(12-13)17-19-18-16(20-17)11-10-14-7-3-2-4-8-14/h2-9,12H,10-11H2,1H3. The first-order valence-corrected chi connectivity index (χ1v) is 6.74. The molecule has 20 heavy (non-hydrogen) atoms. The fraction of sp³-hybridized carbons (Fsp3) is 0.176. The van der Waals surface area contributed by atoms with E-state index < -0.39 is 0 Å². The molecular formula is C17H16N2O. The number of benzene rings is 2. The molecule has 0 radical (unpaired) electrons. The van der Waals surface area contributed by atoms with Crippen LogP contribution < -0.4 is 0 Å². The van der Waals surface area contributed by atoms with Gasteiger partial charge in [0.1, 0.15) is 0 Å². The van der Waals surface area contributed by atoms with Crippen LogP contribution in [0.3, 0.4) is 0 Å². The average Bonchev–Trinajstić information content (AvgIpc) is 2.95. The summed E-state index contributed by atoms with van der Waals surface area (Å²) in [6.45, 7) is 2.05. The van der Waals surface area contributed by atoms with Crippen molar-refractivity contribution in [1.82, 2.24) is 10.2 Å². The third kappa shape index (κ3) is 2.94. The zero-order valence-electron chi connectivity index (χ0n) is 11.4. The third-order valence-electron chi connectivity index (χ3n) is 3.20. The van der Waals surface area contributed by atoms with Gasteiger partial charge in [-0.3, -0.25) is 0 Å². The van der Waals surface area contributed by atoms with Crippen LogP contribution in [0.25, 0.3) is 11.5 Å². The van der Waals surface area contributed by atoms with Gasteiger partial charge in [-0.1, -0.05) is 48.0 Å². The van der Waals surface area contributed by atoms with Crippen molar-refractivity contribution in [1.29, 1.82) is 0 Å². The van der Waals surface area contributed by atoms with E-state index in [1.165, 1.54) is 11.1 Å². The zero-order valence-corrected chi connectivity index (χ0v) is 11.4. The van der Waals surface area contributed by atoms with Crippen LogP contribution >= 0.6 is 0 Å². The lowest BCUT2D eigenvalue weighted by atomic mass is 10.1. The van der Waals surface area contributed by atoms with E-state index in [4.69, 9.17) is 4.42 Å². The fourth-order valence-electron chi connectivity index (χ4n) is 2.15. The van der Waals surface area contributed by atoms with Gasteiger partial charge in [-0.15, -0.1) is 10.2 Å². The molecule has 1 heterocycles. The molecule has 0 aliphatic carbocycles. The molecule has 3 aromatic rings. The van der Waals surface area contributed by atoms with E-state index in [1.54, 1.807) is 0 Å². The van der Waals surface area contributed by atoms with Gasteiger partial charge >= 0.3 is 0 Å². The molecule has 0 N–H and O–H groups in total. The zero-order chi connectivity index (χ0) is 13.8. The van der Waals surface area contributed by atoms with Gasteiger partial charge in [0.05, 0.1) is 0 Å². The van der Waals surface area contributed by atoms with Gasteiger partial charge in [0, 0.05) is 12.0 Å². The number of aryl methyl sites for hydroxylation is 3. The number of nitrogens with zero attached hydrogens (tertiary/aromatic N) is 2. The van der Waals surface area contributed by atoms with Crippen molar-refractivity contribution in [2.45, 2.75) is 19.8 Å². The molecule has 2 aromatic carbocycles. The Morgan fingerprint density at radius 3 is 2.55 bits per heavy atom. The van der Waals surface area contributed by atoms with E-state index >= 15 is 0 Å². The van der Waals surface area contributed by atoms with E-state index in [-0.39, 0.29) is 0 Å². The van der Waals surface area contributed by atoms with E-state index in [2.05, 4.69) is 41.4 Å². The highest BCUT2D eigenvalue weighted by atomic mass is 16.4. The van der Waals surface area contributed by atoms with Crippen LogP contribution in [0.1, 0.15) is 17.0 Å². The second kappa shape index (κ2) is 5.70. The van der Waals surface area contributed by atoms with Gasteiger partial charge in [0.15, 0.2) is 0 Å². The summed E-state index contributed by atoms with van der Waals surface area (Å²) in [5.41, 5.74) is 3.44. The summed E-state index contributed by atoms with van der Waals surface area (Å²) < 4.78 is 5.72. The Morgan fingerprint density at radius 1 is 0.900 bits per heavy atom. The first-order chi connectivity index (χ1) is 9.81. The summed E-state index contributed by atoms with van der Waals surface area (Å²) >= 11 is 0. The number of rotatable bonds is 4. The quantitative estimate of drug-likeness (QED) is 0.719. The molecule has 0 bridgehead atoms. The second-order valence-corrected chi connectivity index (χ2v) is 4.86. The molecule has 1 aromatic heterocycles. The van der Waals surface area contributed by atoms with Gasteiger partial charge in [0.25, 0.3) is 0 Å². The summed E-state index contributed by atoms with van der Waals surface area (Å²) in [5.74, 6) is 1.28. The predicted molar refractivity (Wildman–Crippen MR) is 78.3 cm³/mol. The minimum absolute atomic E-state index is 0.594. The van der Waals surface area contributed by atoms with E-state index in [9.17, 15) is 0 Å². The van der Waals surface area contributed by atoms with Gasteiger partial charge in [0.2, 0.25) is 11.8 Å². The van der Waals surface area contributed by atoms with Crippen molar-refractivity contribution >= 4 is 0 Å². The van der Waals surface area contributed by atoms with Crippen molar-refractivity contribution in [2.75, 3.05) is 0 Å². The Kier molecular flexibility index (Phi) is 3.59. The van der Waals surface area contributed by atoms with E-state index in [0.717, 1.165) is 18.4 Å². The first-order valence-electron chi connectivity index (χ1n) is 6.74. The molecule has 0 fully saturated rings. The fourth-order valence-corrected chi connectivity index (χ4v) is 2.15. The van der Waals surface area contributed by atoms with Crippen LogP contribution in [0.2, 0.25) is 0 Å². The molecule has 0 amide bonds. The highest BCUT2D eigenvalue weighted by molar-refractivity contribution is 5.53. The first kappa shape index (κ1) is 12.6. The Hall–Kier alpha value is -2.42. The number of aromatic nitrogens is 2. The summed E-state index contributed by atoms with van der Waals surface area (Å²) in [7, 11) is 0. The van der Waals surface area contributed by atoms with Crippen molar-refractivity contribution < 1.29 is 4.42 Å². The molecule has 3 nitrogen and oxygen atoms in total. The van der Waals surface area contributed by atoms with Gasteiger partial charge < -0.3 is 4.42 Å². The van der Waals surface area contributed by atoms with Gasteiger partial charge in [-0.05, 0) is 31.0 Å². The van der Waals surface area contributed by atoms with Crippen LogP contribution in [0, 0.1) is 6.92 Å². The highest BCUT2D eigenvalue weighted by Crippen LogP contribution is 2.19. The van der Waals surface area contributed by atoms with E-state index in [1.807, 2.05) is 30.3 Å². The molecule has 0 aliphatic rings. The van der Waals surface area contributed by atoms with Crippen molar-refractivity contribution in [2.24, 2.45) is 0 Å². The number of hydrogen-bond donors (Lipinski definition) is 0. The van der Waals surface area contributed by atoms with Crippen molar-refractivity contribution in [3.63, 3.8) is 0 Å². The lowest BCUT2D eigenvalue weighted by molar-refractivity contribution is 0.504. The molecule has 0 saturated heterocycles. The van der Waals surface area contributed by atoms with Crippen LogP contribution in [-0.4, -0.2) is 10.2 Å². The maximum Gasteiger partial charge on any atom is 0.247 e. The number of hydrogen-bond acceptors (Lipinski definition) is 3. The second-order valence-electron chi connectivity index (χ2n) is 4.86. The summed E-state index contributed by atoms with van der Waals surface area (Å²) in [6.07, 6.45) is 1.68. The molecular weight excluding hydrogens is 248 g/mol. The van der Waals surface area contributed by atoms with Crippen molar-refractivity contribution in [3.05, 3.63) is 71.6 Å². The summed E-state index contributed by atoms with van der Waals surface area (Å²) in [4.78, 5) is 0. The molecule has 0 unspecified atom stereocenters. The van der Waals surface area contributed by atoms with Crippen molar-refractivity contribution in [3.8, 4) is 11.5 Å². The summed E-state index contributed by atoms with van der Waals surface area (Å²) in [6, 6.07) is 18.4. The lowest BCUT2D eigenvalue weighted by Gasteiger charge is -1.98. The minimum atomic E-state index is 0.594. The SMILES string of the molecule is Cc1cccc(-c2nnc(CCc3ccccc3)o2)c1. The average molecular weight is 264 g/mol. The Bertz CT molecular complexity index is 689. The molecule has 0 atom stereocenters. The van der Waals surface area contributed by atoms with Gasteiger partial charge in [-0.2, -0.15) is 0 Å². The lowest BCUT2D eigenvalue weighted by Crippen LogP contribution is -1.90. The Morgan fingerprint density at radius 2 is 1.75 bits per heavy atom. The van der Waals surface area contributed by atoms with Crippen LogP contribution in [-0.2, 0) is 12.8 Å². The predicted octanol–water partition coefficient (Wildman–Crippen LogP) is 3.83. The van der Waals surface area contributed by atoms with Crippen LogP contribution in [0.4, 0.5) is 0 Å². The normalized spacial score (nSPS) is 10.7. The molecule has 3 rings (SSSR count). The maximum absolute atomic E-state index is 5.72. The smallest absolute Gasteiger partial charge is 0.247 e. The molecule has 3 heteroatoms. The van der Waals surface area contributed by atoms with Crippen LogP contribution in [0.15, 0.2) is 59.0 Å². The monoisotopic (exact) mass is 264 g/mol. The maximum atomic E-state index is 5.72. The van der Waals surface area contributed by atoms with Crippen LogP contribution in [0.5, 0.6) is 0 Å². The Labute approximate surface area is 118 Å². The summed E-state index contributed by atoms with van der Waals surface area (Å²) in [5, 5.41) is 8.24. The largest absolute Gasteiger partial charge is 0.421 e. The Balaban J connectivity index is 1.71. The molecule has 0 saturated carbocycles. The molecule has 0 aliphatic heterocycles. The molecule has 100 valence electrons. The topological polar surface area (TPSA) is 38.9 Å². The highest BCUT2D eigenvalue weighted by Gasteiger charge is 2.08. The minimum Gasteiger partial charge on any atom is -0.421 e.